The van der Waals surface area contributed by atoms with Crippen molar-refractivity contribution in [3.05, 3.63) is 71.1 Å². The van der Waals surface area contributed by atoms with Crippen LogP contribution >= 0.6 is 0 Å². The van der Waals surface area contributed by atoms with Gasteiger partial charge in [0.25, 0.3) is 0 Å². The number of hydrogen-bond acceptors (Lipinski definition) is 4. The molecule has 0 amide bonds. The van der Waals surface area contributed by atoms with Gasteiger partial charge in [0.2, 0.25) is 0 Å². The largest absolute Gasteiger partial charge is 0.486 e. The quantitative estimate of drug-likeness (QED) is 0.384. The monoisotopic (exact) mass is 330 g/mol. The van der Waals surface area contributed by atoms with Crippen molar-refractivity contribution in [3.8, 4) is 22.6 Å². The standard InChI is InChI=1S/C21H14O4/c22-21-16(14-6-8-19-20(11-14)24-10-9-23-19)12-17-15-4-2-1-3-13(15)5-7-18(17)25-21/h1-8,11-12H,9-10H2. The van der Waals surface area contributed by atoms with Crippen LogP contribution < -0.4 is 15.1 Å². The van der Waals surface area contributed by atoms with Gasteiger partial charge in [-0.25, -0.2) is 4.79 Å². The summed E-state index contributed by atoms with van der Waals surface area (Å²) in [6.07, 6.45) is 0. The number of benzene rings is 3. The lowest BCUT2D eigenvalue weighted by molar-refractivity contribution is 0.171. The molecule has 0 N–H and O–H groups in total. The average Bonchev–Trinajstić information content (AvgIpc) is 2.67. The summed E-state index contributed by atoms with van der Waals surface area (Å²) >= 11 is 0. The van der Waals surface area contributed by atoms with E-state index < -0.39 is 0 Å². The number of fused-ring (bicyclic) bond motifs is 4. The normalized spacial score (nSPS) is 13.3. The Morgan fingerprint density at radius 3 is 2.52 bits per heavy atom. The average molecular weight is 330 g/mol. The maximum absolute atomic E-state index is 12.5. The molecule has 4 heteroatoms. The number of hydrogen-bond donors (Lipinski definition) is 0. The van der Waals surface area contributed by atoms with Crippen molar-refractivity contribution >= 4 is 21.7 Å². The minimum absolute atomic E-state index is 0.362. The van der Waals surface area contributed by atoms with Gasteiger partial charge in [-0.1, -0.05) is 36.4 Å². The van der Waals surface area contributed by atoms with E-state index in [0.717, 1.165) is 21.7 Å². The molecule has 2 heterocycles. The first-order valence-corrected chi connectivity index (χ1v) is 8.15. The third-order valence-corrected chi connectivity index (χ3v) is 4.50. The first-order valence-electron chi connectivity index (χ1n) is 8.15. The van der Waals surface area contributed by atoms with E-state index in [4.69, 9.17) is 13.9 Å². The molecule has 0 aliphatic carbocycles. The summed E-state index contributed by atoms with van der Waals surface area (Å²) in [5.74, 6) is 1.35. The van der Waals surface area contributed by atoms with Gasteiger partial charge in [-0.05, 0) is 40.6 Å². The minimum atomic E-state index is -0.362. The van der Waals surface area contributed by atoms with Crippen LogP contribution in [0.15, 0.2) is 69.9 Å². The number of ether oxygens (including phenoxy) is 2. The Hall–Kier alpha value is -3.27. The van der Waals surface area contributed by atoms with E-state index in [1.54, 1.807) is 0 Å². The summed E-state index contributed by atoms with van der Waals surface area (Å²) in [6, 6.07) is 19.3. The Morgan fingerprint density at radius 2 is 1.60 bits per heavy atom. The molecular formula is C21H14O4. The molecule has 0 fully saturated rings. The van der Waals surface area contributed by atoms with Gasteiger partial charge < -0.3 is 13.9 Å². The Kier molecular flexibility index (Phi) is 3.04. The van der Waals surface area contributed by atoms with Crippen molar-refractivity contribution < 1.29 is 13.9 Å². The zero-order valence-corrected chi connectivity index (χ0v) is 13.3. The second-order valence-electron chi connectivity index (χ2n) is 6.00. The summed E-state index contributed by atoms with van der Waals surface area (Å²) in [7, 11) is 0. The second kappa shape index (κ2) is 5.38. The van der Waals surface area contributed by atoms with E-state index in [1.165, 1.54) is 0 Å². The molecule has 1 aliphatic rings. The van der Waals surface area contributed by atoms with Gasteiger partial charge in [-0.2, -0.15) is 0 Å². The molecule has 4 aromatic rings. The van der Waals surface area contributed by atoms with Crippen LogP contribution in [0.1, 0.15) is 0 Å². The predicted molar refractivity (Wildman–Crippen MR) is 96.4 cm³/mol. The van der Waals surface area contributed by atoms with E-state index in [2.05, 4.69) is 0 Å². The Morgan fingerprint density at radius 1 is 0.760 bits per heavy atom. The summed E-state index contributed by atoms with van der Waals surface area (Å²) in [4.78, 5) is 12.5. The third kappa shape index (κ3) is 2.26. The topological polar surface area (TPSA) is 48.7 Å². The smallest absolute Gasteiger partial charge is 0.344 e. The predicted octanol–water partition coefficient (Wildman–Crippen LogP) is 4.38. The van der Waals surface area contributed by atoms with Crippen LogP contribution in [0.4, 0.5) is 0 Å². The van der Waals surface area contributed by atoms with Gasteiger partial charge in [0.05, 0.1) is 5.56 Å². The highest BCUT2D eigenvalue weighted by molar-refractivity contribution is 6.06. The Bertz CT molecular complexity index is 1170. The zero-order chi connectivity index (χ0) is 16.8. The molecule has 0 unspecified atom stereocenters. The maximum atomic E-state index is 12.5. The number of rotatable bonds is 1. The van der Waals surface area contributed by atoms with Crippen LogP contribution in [0.2, 0.25) is 0 Å². The summed E-state index contributed by atoms with van der Waals surface area (Å²) < 4.78 is 16.7. The van der Waals surface area contributed by atoms with Crippen LogP contribution in [0, 0.1) is 0 Å². The van der Waals surface area contributed by atoms with Gasteiger partial charge in [-0.15, -0.1) is 0 Å². The van der Waals surface area contributed by atoms with Crippen molar-refractivity contribution in [2.75, 3.05) is 13.2 Å². The molecule has 0 atom stereocenters. The van der Waals surface area contributed by atoms with E-state index in [0.29, 0.717) is 35.9 Å². The SMILES string of the molecule is O=c1oc2ccc3ccccc3c2cc1-c1ccc2c(c1)OCCO2. The molecule has 0 saturated carbocycles. The molecule has 0 spiro atoms. The molecular weight excluding hydrogens is 316 g/mol. The van der Waals surface area contributed by atoms with Crippen LogP contribution in [-0.4, -0.2) is 13.2 Å². The minimum Gasteiger partial charge on any atom is -0.486 e. The van der Waals surface area contributed by atoms with Crippen molar-refractivity contribution in [2.45, 2.75) is 0 Å². The van der Waals surface area contributed by atoms with Gasteiger partial charge in [0, 0.05) is 5.39 Å². The van der Waals surface area contributed by atoms with Crippen molar-refractivity contribution in [2.24, 2.45) is 0 Å². The molecule has 4 nitrogen and oxygen atoms in total. The van der Waals surface area contributed by atoms with E-state index >= 15 is 0 Å². The van der Waals surface area contributed by atoms with Crippen LogP contribution in [0.3, 0.4) is 0 Å². The second-order valence-corrected chi connectivity index (χ2v) is 6.00. The first-order chi connectivity index (χ1) is 12.3. The zero-order valence-electron chi connectivity index (χ0n) is 13.3. The third-order valence-electron chi connectivity index (χ3n) is 4.50. The van der Waals surface area contributed by atoms with Gasteiger partial charge in [-0.3, -0.25) is 0 Å². The van der Waals surface area contributed by atoms with Gasteiger partial charge in [0.1, 0.15) is 18.8 Å². The lowest BCUT2D eigenvalue weighted by atomic mass is 10.0. The Labute approximate surface area is 143 Å². The van der Waals surface area contributed by atoms with E-state index in [1.807, 2.05) is 60.7 Å². The molecule has 1 aromatic heterocycles. The molecule has 0 bridgehead atoms. The summed E-state index contributed by atoms with van der Waals surface area (Å²) in [5, 5.41) is 3.09. The van der Waals surface area contributed by atoms with Gasteiger partial charge >= 0.3 is 5.63 Å². The lowest BCUT2D eigenvalue weighted by Gasteiger charge is -2.18. The van der Waals surface area contributed by atoms with Crippen LogP contribution in [0.25, 0.3) is 32.9 Å². The fourth-order valence-corrected chi connectivity index (χ4v) is 3.28. The molecule has 1 aliphatic heterocycles. The van der Waals surface area contributed by atoms with E-state index in [-0.39, 0.29) is 5.63 Å². The van der Waals surface area contributed by atoms with Crippen molar-refractivity contribution in [1.82, 2.24) is 0 Å². The lowest BCUT2D eigenvalue weighted by Crippen LogP contribution is -2.15. The highest BCUT2D eigenvalue weighted by Crippen LogP contribution is 2.35. The molecule has 0 saturated heterocycles. The fraction of sp³-hybridized carbons (Fsp3) is 0.0952. The fourth-order valence-electron chi connectivity index (χ4n) is 3.28. The molecule has 25 heavy (non-hydrogen) atoms. The molecule has 122 valence electrons. The molecule has 3 aromatic carbocycles. The van der Waals surface area contributed by atoms with Crippen LogP contribution in [-0.2, 0) is 0 Å². The maximum Gasteiger partial charge on any atom is 0.344 e. The highest BCUT2D eigenvalue weighted by Gasteiger charge is 2.15. The highest BCUT2D eigenvalue weighted by atomic mass is 16.6. The Balaban J connectivity index is 1.77. The molecule has 0 radical (unpaired) electrons. The van der Waals surface area contributed by atoms with Crippen molar-refractivity contribution in [1.29, 1.82) is 0 Å². The first kappa shape index (κ1) is 14.1. The van der Waals surface area contributed by atoms with Crippen LogP contribution in [0.5, 0.6) is 11.5 Å². The molecule has 5 rings (SSSR count). The van der Waals surface area contributed by atoms with E-state index in [9.17, 15) is 4.79 Å². The van der Waals surface area contributed by atoms with Gasteiger partial charge in [0.15, 0.2) is 11.5 Å². The van der Waals surface area contributed by atoms with Crippen molar-refractivity contribution in [3.63, 3.8) is 0 Å². The summed E-state index contributed by atoms with van der Waals surface area (Å²) in [5.41, 5.74) is 1.50. The summed E-state index contributed by atoms with van der Waals surface area (Å²) in [6.45, 7) is 1.05.